The van der Waals surface area contributed by atoms with Crippen LogP contribution in [0.3, 0.4) is 0 Å². The molecule has 2 aliphatic heterocycles. The van der Waals surface area contributed by atoms with Crippen molar-refractivity contribution in [3.05, 3.63) is 93.1 Å². The van der Waals surface area contributed by atoms with E-state index >= 15 is 0 Å². The maximum absolute atomic E-state index is 6.15. The first kappa shape index (κ1) is 21.7. The third kappa shape index (κ3) is 4.93. The van der Waals surface area contributed by atoms with E-state index in [0.717, 1.165) is 53.3 Å². The zero-order chi connectivity index (χ0) is 21.9. The first-order chi connectivity index (χ1) is 15.7. The summed E-state index contributed by atoms with van der Waals surface area (Å²) in [5.74, 6) is 2.23. The smallest absolute Gasteiger partial charge is 0.226 e. The number of pyridine rings is 1. The zero-order valence-corrected chi connectivity index (χ0v) is 20.3. The number of hydrogen-bond donors (Lipinski definition) is 0. The Morgan fingerprint density at radius 1 is 1.09 bits per heavy atom. The number of aromatic nitrogens is 1. The molecule has 0 radical (unpaired) electrons. The van der Waals surface area contributed by atoms with Crippen LogP contribution in [0.15, 0.2) is 71.3 Å². The minimum atomic E-state index is 0.647. The van der Waals surface area contributed by atoms with E-state index in [0.29, 0.717) is 11.8 Å². The molecule has 3 aromatic rings. The van der Waals surface area contributed by atoms with Gasteiger partial charge in [-0.05, 0) is 91.9 Å². The van der Waals surface area contributed by atoms with E-state index in [1.165, 1.54) is 29.5 Å². The maximum Gasteiger partial charge on any atom is 0.226 e. The highest BCUT2D eigenvalue weighted by molar-refractivity contribution is 9.10. The lowest BCUT2D eigenvalue weighted by Gasteiger charge is -2.32. The molecule has 0 spiro atoms. The normalized spacial score (nSPS) is 18.0. The van der Waals surface area contributed by atoms with E-state index in [1.807, 2.05) is 30.3 Å². The molecule has 0 unspecified atom stereocenters. The fourth-order valence-corrected chi connectivity index (χ4v) is 5.27. The molecule has 0 atom stereocenters. The van der Waals surface area contributed by atoms with Crippen LogP contribution in [0.25, 0.3) is 5.57 Å². The highest BCUT2D eigenvalue weighted by Gasteiger charge is 2.21. The SMILES string of the molecule is Clc1ccc(C2CCN(CCC=C3Cc4cc(Br)ccc4Oc4ncccc43)CC2)cc1. The number of likely N-dealkylation sites (tertiary alicyclic amines) is 1. The van der Waals surface area contributed by atoms with E-state index < -0.39 is 0 Å². The summed E-state index contributed by atoms with van der Waals surface area (Å²) in [6, 6.07) is 18.7. The molecule has 3 nitrogen and oxygen atoms in total. The zero-order valence-electron chi connectivity index (χ0n) is 17.9. The van der Waals surface area contributed by atoms with E-state index in [2.05, 4.69) is 56.2 Å². The van der Waals surface area contributed by atoms with E-state index in [9.17, 15) is 0 Å². The van der Waals surface area contributed by atoms with Gasteiger partial charge in [0.05, 0.1) is 0 Å². The molecule has 0 bridgehead atoms. The number of ether oxygens (including phenoxy) is 1. The number of halogens is 2. The van der Waals surface area contributed by atoms with Crippen molar-refractivity contribution in [2.24, 2.45) is 0 Å². The molecule has 2 aliphatic rings. The number of nitrogens with zero attached hydrogens (tertiary/aromatic N) is 2. The van der Waals surface area contributed by atoms with Gasteiger partial charge in [0.2, 0.25) is 5.88 Å². The van der Waals surface area contributed by atoms with Gasteiger partial charge in [0.15, 0.2) is 0 Å². The fourth-order valence-electron chi connectivity index (χ4n) is 4.74. The van der Waals surface area contributed by atoms with E-state index in [4.69, 9.17) is 16.3 Å². The molecule has 1 aromatic heterocycles. The standard InChI is InChI=1S/C27H26BrClN2O/c28-23-7-10-26-22(18-23)17-21(25-4-1-13-30-27(25)32-26)3-2-14-31-15-11-20(12-16-31)19-5-8-24(29)9-6-19/h1,3-10,13,18,20H,2,11-12,14-17H2. The van der Waals surface area contributed by atoms with Crippen molar-refractivity contribution in [3.63, 3.8) is 0 Å². The lowest BCUT2D eigenvalue weighted by molar-refractivity contribution is 0.216. The second-order valence-corrected chi connectivity index (χ2v) is 9.92. The van der Waals surface area contributed by atoms with Crippen molar-refractivity contribution >= 4 is 33.1 Å². The van der Waals surface area contributed by atoms with Gasteiger partial charge in [0.1, 0.15) is 5.75 Å². The summed E-state index contributed by atoms with van der Waals surface area (Å²) >= 11 is 9.64. The minimum absolute atomic E-state index is 0.647. The predicted octanol–water partition coefficient (Wildman–Crippen LogP) is 7.50. The highest BCUT2D eigenvalue weighted by Crippen LogP contribution is 2.38. The van der Waals surface area contributed by atoms with Crippen LogP contribution < -0.4 is 4.74 Å². The maximum atomic E-state index is 6.15. The molecule has 5 rings (SSSR count). The first-order valence-corrected chi connectivity index (χ1v) is 12.4. The summed E-state index contributed by atoms with van der Waals surface area (Å²) in [5.41, 5.74) is 5.00. The molecule has 164 valence electrons. The summed E-state index contributed by atoms with van der Waals surface area (Å²) in [6.45, 7) is 3.37. The Morgan fingerprint density at radius 3 is 2.72 bits per heavy atom. The molecule has 32 heavy (non-hydrogen) atoms. The van der Waals surface area contributed by atoms with Crippen molar-refractivity contribution < 1.29 is 4.74 Å². The summed E-state index contributed by atoms with van der Waals surface area (Å²) in [6.07, 6.45) is 8.47. The van der Waals surface area contributed by atoms with E-state index in [-0.39, 0.29) is 0 Å². The Balaban J connectivity index is 1.25. The number of rotatable bonds is 4. The molecule has 1 saturated heterocycles. The molecule has 0 aliphatic carbocycles. The van der Waals surface area contributed by atoms with Gasteiger partial charge in [-0.1, -0.05) is 45.7 Å². The van der Waals surface area contributed by atoms with Crippen LogP contribution in [-0.4, -0.2) is 29.5 Å². The second-order valence-electron chi connectivity index (χ2n) is 8.57. The average Bonchev–Trinajstić information content (AvgIpc) is 2.96. The van der Waals surface area contributed by atoms with Crippen LogP contribution in [0.5, 0.6) is 11.6 Å². The van der Waals surface area contributed by atoms with Crippen molar-refractivity contribution in [3.8, 4) is 11.6 Å². The van der Waals surface area contributed by atoms with Crippen LogP contribution in [-0.2, 0) is 6.42 Å². The number of allylic oxidation sites excluding steroid dienone is 1. The summed E-state index contributed by atoms with van der Waals surface area (Å²) in [4.78, 5) is 7.09. The van der Waals surface area contributed by atoms with Crippen LogP contribution in [0.1, 0.15) is 41.9 Å². The first-order valence-electron chi connectivity index (χ1n) is 11.2. The molecule has 0 amide bonds. The molecular formula is C27H26BrClN2O. The second kappa shape index (κ2) is 9.78. The van der Waals surface area contributed by atoms with Crippen molar-refractivity contribution in [2.45, 2.75) is 31.6 Å². The van der Waals surface area contributed by atoms with Gasteiger partial charge in [-0.2, -0.15) is 0 Å². The van der Waals surface area contributed by atoms with Gasteiger partial charge in [0.25, 0.3) is 0 Å². The van der Waals surface area contributed by atoms with Gasteiger partial charge in [-0.25, -0.2) is 4.98 Å². The predicted molar refractivity (Wildman–Crippen MR) is 135 cm³/mol. The van der Waals surface area contributed by atoms with Crippen LogP contribution >= 0.6 is 27.5 Å². The topological polar surface area (TPSA) is 25.4 Å². The van der Waals surface area contributed by atoms with Crippen LogP contribution in [0.2, 0.25) is 5.02 Å². The van der Waals surface area contributed by atoms with Crippen LogP contribution in [0, 0.1) is 0 Å². The molecule has 0 saturated carbocycles. The van der Waals surface area contributed by atoms with Crippen molar-refractivity contribution in [2.75, 3.05) is 19.6 Å². The van der Waals surface area contributed by atoms with Crippen molar-refractivity contribution in [1.29, 1.82) is 0 Å². The summed E-state index contributed by atoms with van der Waals surface area (Å²) in [5, 5.41) is 0.815. The van der Waals surface area contributed by atoms with E-state index in [1.54, 1.807) is 6.20 Å². The third-order valence-electron chi connectivity index (χ3n) is 6.49. The quantitative estimate of drug-likeness (QED) is 0.364. The lowest BCUT2D eigenvalue weighted by atomic mass is 9.89. The molecule has 3 heterocycles. The number of fused-ring (bicyclic) bond motifs is 2. The monoisotopic (exact) mass is 508 g/mol. The molecule has 2 aromatic carbocycles. The molecule has 0 N–H and O–H groups in total. The van der Waals surface area contributed by atoms with Gasteiger partial charge in [0, 0.05) is 39.8 Å². The highest BCUT2D eigenvalue weighted by atomic mass is 79.9. The van der Waals surface area contributed by atoms with Gasteiger partial charge >= 0.3 is 0 Å². The Kier molecular flexibility index (Phi) is 6.63. The molecule has 5 heteroatoms. The summed E-state index contributed by atoms with van der Waals surface area (Å²) in [7, 11) is 0. The van der Waals surface area contributed by atoms with Gasteiger partial charge in [-0.3, -0.25) is 0 Å². The molecule has 1 fully saturated rings. The Morgan fingerprint density at radius 2 is 1.91 bits per heavy atom. The minimum Gasteiger partial charge on any atom is -0.438 e. The Hall–Kier alpha value is -2.14. The molecular weight excluding hydrogens is 484 g/mol. The number of benzene rings is 2. The number of hydrogen-bond acceptors (Lipinski definition) is 3. The fraction of sp³-hybridized carbons (Fsp3) is 0.296. The van der Waals surface area contributed by atoms with Gasteiger partial charge < -0.3 is 9.64 Å². The Labute approximate surface area is 203 Å². The van der Waals surface area contributed by atoms with Crippen LogP contribution in [0.4, 0.5) is 0 Å². The summed E-state index contributed by atoms with van der Waals surface area (Å²) < 4.78 is 7.22. The largest absolute Gasteiger partial charge is 0.438 e. The lowest BCUT2D eigenvalue weighted by Crippen LogP contribution is -2.33. The third-order valence-corrected chi connectivity index (χ3v) is 7.24. The van der Waals surface area contributed by atoms with Crippen molar-refractivity contribution in [1.82, 2.24) is 9.88 Å². The van der Waals surface area contributed by atoms with Gasteiger partial charge in [-0.15, -0.1) is 0 Å². The number of piperidine rings is 1. The Bertz CT molecular complexity index is 1120. The average molecular weight is 510 g/mol.